The topological polar surface area (TPSA) is 46.4 Å². The van der Waals surface area contributed by atoms with E-state index < -0.39 is 0 Å². The maximum absolute atomic E-state index is 12.1. The number of amides is 1. The van der Waals surface area contributed by atoms with Crippen molar-refractivity contribution in [1.29, 1.82) is 0 Å². The van der Waals surface area contributed by atoms with Crippen LogP contribution >= 0.6 is 11.3 Å². The van der Waals surface area contributed by atoms with E-state index in [1.54, 1.807) is 0 Å². The van der Waals surface area contributed by atoms with Crippen LogP contribution in [0.4, 0.5) is 0 Å². The van der Waals surface area contributed by atoms with Crippen LogP contribution < -0.4 is 10.2 Å². The highest BCUT2D eigenvalue weighted by atomic mass is 32.1. The summed E-state index contributed by atoms with van der Waals surface area (Å²) in [7, 11) is 0. The van der Waals surface area contributed by atoms with Gasteiger partial charge in [-0.25, -0.2) is 4.98 Å². The van der Waals surface area contributed by atoms with Crippen LogP contribution in [0.25, 0.3) is 10.2 Å². The van der Waals surface area contributed by atoms with Gasteiger partial charge in [-0.1, -0.05) is 12.1 Å². The minimum Gasteiger partial charge on any atom is -0.351 e. The number of carbonyl (C=O) groups is 1. The van der Waals surface area contributed by atoms with Gasteiger partial charge in [-0.15, -0.1) is 11.3 Å². The van der Waals surface area contributed by atoms with Crippen LogP contribution in [0.3, 0.4) is 0 Å². The van der Waals surface area contributed by atoms with Crippen molar-refractivity contribution in [2.24, 2.45) is 0 Å². The van der Waals surface area contributed by atoms with Crippen LogP contribution in [-0.4, -0.2) is 36.6 Å². The van der Waals surface area contributed by atoms with Gasteiger partial charge in [0.05, 0.1) is 29.2 Å². The lowest BCUT2D eigenvalue weighted by atomic mass is 9.97. The zero-order chi connectivity index (χ0) is 15.5. The monoisotopic (exact) mass is 318 g/mol. The third-order valence-corrected chi connectivity index (χ3v) is 5.77. The molecule has 22 heavy (non-hydrogen) atoms. The minimum absolute atomic E-state index is 0.0251. The Morgan fingerprint density at radius 3 is 3.09 bits per heavy atom. The summed E-state index contributed by atoms with van der Waals surface area (Å²) in [5.41, 5.74) is 1.10. The van der Waals surface area contributed by atoms with Crippen molar-refractivity contribution in [3.8, 4) is 0 Å². The van der Waals surface area contributed by atoms with Crippen molar-refractivity contribution in [3.05, 3.63) is 29.3 Å². The summed E-state index contributed by atoms with van der Waals surface area (Å²) in [4.78, 5) is 18.3. The van der Waals surface area contributed by atoms with Crippen LogP contribution in [0.15, 0.2) is 24.3 Å². The number of quaternary nitrogens is 1. The number of thiazole rings is 1. The van der Waals surface area contributed by atoms with Crippen LogP contribution in [-0.2, 0) is 4.79 Å². The van der Waals surface area contributed by atoms with Gasteiger partial charge in [0.15, 0.2) is 6.04 Å². The zero-order valence-electron chi connectivity index (χ0n) is 13.3. The van der Waals surface area contributed by atoms with Crippen molar-refractivity contribution < 1.29 is 9.69 Å². The van der Waals surface area contributed by atoms with Crippen molar-refractivity contribution in [3.63, 3.8) is 0 Å². The molecule has 0 bridgehead atoms. The number of nitrogens with zero attached hydrogens (tertiary/aromatic N) is 1. The highest BCUT2D eigenvalue weighted by molar-refractivity contribution is 7.18. The number of hydrogen-bond acceptors (Lipinski definition) is 3. The molecule has 4 nitrogen and oxygen atoms in total. The molecule has 2 N–H and O–H groups in total. The normalized spacial score (nSPS) is 23.4. The zero-order valence-corrected chi connectivity index (χ0v) is 14.1. The quantitative estimate of drug-likeness (QED) is 0.899. The molecular weight excluding hydrogens is 294 g/mol. The number of para-hydroxylation sites is 1. The lowest BCUT2D eigenvalue weighted by Crippen LogP contribution is -3.17. The number of fused-ring (bicyclic) bond motifs is 1. The number of rotatable bonds is 4. The fourth-order valence-electron chi connectivity index (χ4n) is 3.28. The molecule has 1 aromatic carbocycles. The fourth-order valence-corrected chi connectivity index (χ4v) is 4.38. The summed E-state index contributed by atoms with van der Waals surface area (Å²) in [6.07, 6.45) is 2.35. The largest absolute Gasteiger partial charge is 0.351 e. The van der Waals surface area contributed by atoms with Crippen molar-refractivity contribution in [1.82, 2.24) is 10.3 Å². The van der Waals surface area contributed by atoms with Gasteiger partial charge < -0.3 is 10.2 Å². The molecule has 1 aromatic heterocycles. The summed E-state index contributed by atoms with van der Waals surface area (Å²) in [6.45, 7) is 6.82. The van der Waals surface area contributed by atoms with E-state index in [0.29, 0.717) is 12.5 Å². The molecule has 5 heteroatoms. The van der Waals surface area contributed by atoms with E-state index in [2.05, 4.69) is 23.5 Å². The molecule has 1 fully saturated rings. The number of nitrogens with one attached hydrogen (secondary N) is 2. The summed E-state index contributed by atoms with van der Waals surface area (Å²) in [6, 6.07) is 8.36. The first-order chi connectivity index (χ1) is 10.7. The Hall–Kier alpha value is -1.46. The predicted octanol–water partition coefficient (Wildman–Crippen LogP) is 1.58. The van der Waals surface area contributed by atoms with Crippen molar-refractivity contribution in [2.45, 2.75) is 38.6 Å². The molecule has 3 rings (SSSR count). The maximum Gasteiger partial charge on any atom is 0.278 e. The molecule has 1 aliphatic rings. The highest BCUT2D eigenvalue weighted by Crippen LogP contribution is 2.30. The fraction of sp³-hybridized carbons (Fsp3) is 0.529. The Balaban J connectivity index is 1.73. The van der Waals surface area contributed by atoms with Crippen molar-refractivity contribution in [2.75, 3.05) is 19.6 Å². The van der Waals surface area contributed by atoms with Crippen LogP contribution in [0.1, 0.15) is 37.6 Å². The molecule has 2 aromatic rings. The number of hydrogen-bond donors (Lipinski definition) is 2. The van der Waals surface area contributed by atoms with E-state index in [1.165, 1.54) is 27.4 Å². The van der Waals surface area contributed by atoms with Gasteiger partial charge in [0.25, 0.3) is 5.91 Å². The molecule has 0 spiro atoms. The number of aromatic nitrogens is 1. The molecule has 1 unspecified atom stereocenters. The molecule has 0 radical (unpaired) electrons. The number of likely N-dealkylation sites (N-methyl/N-ethyl adjacent to an activating group) is 1. The average Bonchev–Trinajstić information content (AvgIpc) is 2.98. The Morgan fingerprint density at radius 2 is 2.32 bits per heavy atom. The van der Waals surface area contributed by atoms with Crippen molar-refractivity contribution >= 4 is 27.5 Å². The average molecular weight is 318 g/mol. The summed E-state index contributed by atoms with van der Waals surface area (Å²) >= 11 is 1.81. The second-order valence-corrected chi connectivity index (χ2v) is 7.15. The second-order valence-electron chi connectivity index (χ2n) is 6.09. The van der Waals surface area contributed by atoms with E-state index in [1.807, 2.05) is 31.3 Å². The van der Waals surface area contributed by atoms with Gasteiger partial charge in [-0.05, 0) is 38.8 Å². The first-order valence-corrected chi connectivity index (χ1v) is 8.98. The summed E-state index contributed by atoms with van der Waals surface area (Å²) < 4.78 is 1.27. The standard InChI is InChI=1S/C17H23N3OS/c1-3-18-16(21)12(2)20-10-6-7-13(11-20)17-19-14-8-4-5-9-15(14)22-17/h4-5,8-9,12-13H,3,6-7,10-11H2,1-2H3,(H,18,21)/p+1/t12-,13-/m0/s1. The highest BCUT2D eigenvalue weighted by Gasteiger charge is 2.32. The summed E-state index contributed by atoms with van der Waals surface area (Å²) in [5.74, 6) is 0.653. The molecular formula is C17H24N3OS+. The van der Waals surface area contributed by atoms with Crippen LogP contribution in [0.2, 0.25) is 0 Å². The van der Waals surface area contributed by atoms with E-state index >= 15 is 0 Å². The molecule has 1 saturated heterocycles. The molecule has 3 atom stereocenters. The Morgan fingerprint density at radius 1 is 1.50 bits per heavy atom. The molecule has 1 aliphatic heterocycles. The van der Waals surface area contributed by atoms with E-state index in [4.69, 9.17) is 4.98 Å². The number of benzene rings is 1. The third-order valence-electron chi connectivity index (χ3n) is 4.58. The first kappa shape index (κ1) is 15.4. The van der Waals surface area contributed by atoms with E-state index in [-0.39, 0.29) is 11.9 Å². The predicted molar refractivity (Wildman–Crippen MR) is 90.4 cm³/mol. The van der Waals surface area contributed by atoms with Gasteiger partial charge in [-0.2, -0.15) is 0 Å². The molecule has 118 valence electrons. The molecule has 1 amide bonds. The maximum atomic E-state index is 12.1. The van der Waals surface area contributed by atoms with E-state index in [9.17, 15) is 4.79 Å². The number of carbonyl (C=O) groups excluding carboxylic acids is 1. The SMILES string of the molecule is CCNC(=O)[C@H](C)[NH+]1CCC[C@H](c2nc3ccccc3s2)C1. The van der Waals surface area contributed by atoms with Crippen LogP contribution in [0, 0.1) is 0 Å². The van der Waals surface area contributed by atoms with Crippen LogP contribution in [0.5, 0.6) is 0 Å². The lowest BCUT2D eigenvalue weighted by Gasteiger charge is -2.32. The Kier molecular flexibility index (Phi) is 4.74. The first-order valence-electron chi connectivity index (χ1n) is 8.16. The third kappa shape index (κ3) is 3.15. The van der Waals surface area contributed by atoms with Gasteiger partial charge in [0.2, 0.25) is 0 Å². The number of piperidine rings is 1. The van der Waals surface area contributed by atoms with E-state index in [0.717, 1.165) is 18.6 Å². The number of likely N-dealkylation sites (tertiary alicyclic amines) is 1. The van der Waals surface area contributed by atoms with Gasteiger partial charge in [-0.3, -0.25) is 4.79 Å². The smallest absolute Gasteiger partial charge is 0.278 e. The Labute approximate surface area is 135 Å². The van der Waals surface area contributed by atoms with Gasteiger partial charge in [0.1, 0.15) is 5.01 Å². The summed E-state index contributed by atoms with van der Waals surface area (Å²) in [5, 5.41) is 4.18. The molecule has 2 heterocycles. The van der Waals surface area contributed by atoms with Gasteiger partial charge >= 0.3 is 0 Å². The Bertz CT molecular complexity index is 621. The molecule has 0 aliphatic carbocycles. The molecule has 0 saturated carbocycles. The second kappa shape index (κ2) is 6.75. The minimum atomic E-state index is 0.0251. The lowest BCUT2D eigenvalue weighted by molar-refractivity contribution is -0.920. The van der Waals surface area contributed by atoms with Gasteiger partial charge in [0, 0.05) is 6.54 Å².